The molecule has 0 radical (unpaired) electrons. The van der Waals surface area contributed by atoms with E-state index < -0.39 is 0 Å². The topological polar surface area (TPSA) is 54.3 Å². The lowest BCUT2D eigenvalue weighted by Crippen LogP contribution is -2.31. The number of hydrogen-bond acceptors (Lipinski definition) is 4. The van der Waals surface area contributed by atoms with Gasteiger partial charge in [0.05, 0.1) is 11.0 Å². The average Bonchev–Trinajstić information content (AvgIpc) is 3.15. The third kappa shape index (κ3) is 2.85. The van der Waals surface area contributed by atoms with Crippen LogP contribution in [0.1, 0.15) is 36.2 Å². The second-order valence-corrected chi connectivity index (χ2v) is 7.31. The minimum atomic E-state index is -0.0688. The molecule has 3 aromatic rings. The number of amides is 1. The number of hydrogen-bond donors (Lipinski definition) is 0. The van der Waals surface area contributed by atoms with Crippen molar-refractivity contribution in [1.82, 2.24) is 14.5 Å². The lowest BCUT2D eigenvalue weighted by atomic mass is 10.2. The van der Waals surface area contributed by atoms with Crippen LogP contribution in [0.4, 0.5) is 11.6 Å². The molecule has 6 heteroatoms. The second-order valence-electron chi connectivity index (χ2n) is 7.31. The molecule has 2 aromatic heterocycles. The zero-order valence-electron chi connectivity index (χ0n) is 15.3. The van der Waals surface area contributed by atoms with E-state index in [0.29, 0.717) is 12.2 Å². The maximum absolute atomic E-state index is 13.2. The molecule has 1 aromatic carbocycles. The Morgan fingerprint density at radius 3 is 2.59 bits per heavy atom. The predicted octanol–water partition coefficient (Wildman–Crippen LogP) is 3.47. The van der Waals surface area contributed by atoms with Gasteiger partial charge in [-0.2, -0.15) is 0 Å². The number of para-hydroxylation sites is 2. The van der Waals surface area contributed by atoms with Gasteiger partial charge in [-0.15, -0.1) is 0 Å². The molecule has 6 nitrogen and oxygen atoms in total. The first-order valence-corrected chi connectivity index (χ1v) is 9.79. The average molecular weight is 361 g/mol. The van der Waals surface area contributed by atoms with E-state index in [1.165, 1.54) is 25.7 Å². The minimum Gasteiger partial charge on any atom is -0.371 e. The number of fused-ring (bicyclic) bond motifs is 3. The van der Waals surface area contributed by atoms with E-state index in [4.69, 9.17) is 0 Å². The van der Waals surface area contributed by atoms with E-state index >= 15 is 0 Å². The van der Waals surface area contributed by atoms with Crippen LogP contribution >= 0.6 is 0 Å². The molecule has 5 rings (SSSR count). The summed E-state index contributed by atoms with van der Waals surface area (Å²) in [6.45, 7) is 3.52. The first-order valence-electron chi connectivity index (χ1n) is 9.79. The summed E-state index contributed by atoms with van der Waals surface area (Å²) >= 11 is 0. The fourth-order valence-electron chi connectivity index (χ4n) is 4.18. The maximum atomic E-state index is 13.2. The molecule has 1 fully saturated rings. The molecule has 27 heavy (non-hydrogen) atoms. The molecule has 1 amide bonds. The summed E-state index contributed by atoms with van der Waals surface area (Å²) in [5.74, 6) is 0.656. The number of imidazole rings is 1. The molecule has 0 atom stereocenters. The Hall–Kier alpha value is -2.89. The SMILES string of the molecule is O=C(c1cc(N2CCCCCC2)ccn1)N1CCn2c1nc1ccccc12. The normalized spacial score (nSPS) is 17.2. The van der Waals surface area contributed by atoms with Crippen LogP contribution in [0.2, 0.25) is 0 Å². The van der Waals surface area contributed by atoms with Crippen molar-refractivity contribution in [3.05, 3.63) is 48.3 Å². The number of rotatable bonds is 2. The van der Waals surface area contributed by atoms with E-state index in [9.17, 15) is 4.79 Å². The molecular weight excluding hydrogens is 338 g/mol. The molecule has 2 aliphatic rings. The second kappa shape index (κ2) is 6.68. The summed E-state index contributed by atoms with van der Waals surface area (Å²) in [5, 5.41) is 0. The van der Waals surface area contributed by atoms with Crippen LogP contribution in [-0.4, -0.2) is 40.1 Å². The number of anilines is 2. The third-order valence-corrected chi connectivity index (χ3v) is 5.60. The van der Waals surface area contributed by atoms with Crippen LogP contribution in [-0.2, 0) is 6.54 Å². The number of carbonyl (C=O) groups excluding carboxylic acids is 1. The van der Waals surface area contributed by atoms with Crippen LogP contribution in [0.5, 0.6) is 0 Å². The highest BCUT2D eigenvalue weighted by atomic mass is 16.2. The Balaban J connectivity index is 1.45. The predicted molar refractivity (Wildman–Crippen MR) is 106 cm³/mol. The first-order chi connectivity index (χ1) is 13.3. The van der Waals surface area contributed by atoms with Crippen molar-refractivity contribution in [2.45, 2.75) is 32.2 Å². The van der Waals surface area contributed by atoms with E-state index in [0.717, 1.165) is 42.3 Å². The number of benzene rings is 1. The largest absolute Gasteiger partial charge is 0.371 e. The molecule has 4 heterocycles. The summed E-state index contributed by atoms with van der Waals surface area (Å²) in [6, 6.07) is 12.0. The van der Waals surface area contributed by atoms with Crippen molar-refractivity contribution in [3.8, 4) is 0 Å². The lowest BCUT2D eigenvalue weighted by Gasteiger charge is -2.23. The third-order valence-electron chi connectivity index (χ3n) is 5.60. The van der Waals surface area contributed by atoms with Crippen molar-refractivity contribution >= 4 is 28.6 Å². The van der Waals surface area contributed by atoms with E-state index in [2.05, 4.69) is 25.5 Å². The number of aromatic nitrogens is 3. The molecule has 0 unspecified atom stereocenters. The zero-order valence-corrected chi connectivity index (χ0v) is 15.3. The molecule has 1 saturated heterocycles. The van der Waals surface area contributed by atoms with E-state index in [1.54, 1.807) is 11.1 Å². The Labute approximate surface area is 158 Å². The molecular formula is C21H23N5O. The fraction of sp³-hybridized carbons (Fsp3) is 0.381. The fourth-order valence-corrected chi connectivity index (χ4v) is 4.18. The van der Waals surface area contributed by atoms with Crippen molar-refractivity contribution in [1.29, 1.82) is 0 Å². The van der Waals surface area contributed by atoms with Gasteiger partial charge in [0, 0.05) is 38.1 Å². The van der Waals surface area contributed by atoms with Crippen LogP contribution in [0.15, 0.2) is 42.6 Å². The number of carbonyl (C=O) groups is 1. The van der Waals surface area contributed by atoms with Gasteiger partial charge in [0.1, 0.15) is 5.69 Å². The molecule has 0 spiro atoms. The van der Waals surface area contributed by atoms with Crippen LogP contribution < -0.4 is 9.80 Å². The summed E-state index contributed by atoms with van der Waals surface area (Å²) < 4.78 is 2.12. The van der Waals surface area contributed by atoms with Gasteiger partial charge >= 0.3 is 0 Å². The van der Waals surface area contributed by atoms with Gasteiger partial charge in [-0.3, -0.25) is 14.7 Å². The van der Waals surface area contributed by atoms with Crippen molar-refractivity contribution in [2.24, 2.45) is 0 Å². The minimum absolute atomic E-state index is 0.0688. The van der Waals surface area contributed by atoms with Gasteiger partial charge in [0.15, 0.2) is 0 Å². The van der Waals surface area contributed by atoms with Gasteiger partial charge in [0.25, 0.3) is 5.91 Å². The highest BCUT2D eigenvalue weighted by Gasteiger charge is 2.30. The van der Waals surface area contributed by atoms with Gasteiger partial charge < -0.3 is 9.47 Å². The van der Waals surface area contributed by atoms with Crippen LogP contribution in [0.3, 0.4) is 0 Å². The Morgan fingerprint density at radius 2 is 1.74 bits per heavy atom. The smallest absolute Gasteiger partial charge is 0.279 e. The number of nitrogens with zero attached hydrogens (tertiary/aromatic N) is 5. The summed E-state index contributed by atoms with van der Waals surface area (Å²) in [7, 11) is 0. The summed E-state index contributed by atoms with van der Waals surface area (Å²) in [4.78, 5) is 26.4. The first kappa shape index (κ1) is 16.3. The Kier molecular flexibility index (Phi) is 4.03. The Bertz CT molecular complexity index is 987. The van der Waals surface area contributed by atoms with E-state index in [-0.39, 0.29) is 5.91 Å². The molecule has 0 N–H and O–H groups in total. The Morgan fingerprint density at radius 1 is 0.926 bits per heavy atom. The maximum Gasteiger partial charge on any atom is 0.279 e. The monoisotopic (exact) mass is 361 g/mol. The van der Waals surface area contributed by atoms with Gasteiger partial charge in [-0.25, -0.2) is 4.98 Å². The van der Waals surface area contributed by atoms with E-state index in [1.807, 2.05) is 30.3 Å². The van der Waals surface area contributed by atoms with Crippen molar-refractivity contribution in [2.75, 3.05) is 29.4 Å². The van der Waals surface area contributed by atoms with Crippen LogP contribution in [0, 0.1) is 0 Å². The molecule has 0 aliphatic carbocycles. The quantitative estimate of drug-likeness (QED) is 0.701. The summed E-state index contributed by atoms with van der Waals surface area (Å²) in [6.07, 6.45) is 6.75. The van der Waals surface area contributed by atoms with Gasteiger partial charge in [0.2, 0.25) is 5.95 Å². The molecule has 0 bridgehead atoms. The lowest BCUT2D eigenvalue weighted by molar-refractivity contribution is 0.0984. The number of pyridine rings is 1. The molecule has 138 valence electrons. The molecule has 2 aliphatic heterocycles. The van der Waals surface area contributed by atoms with Crippen LogP contribution in [0.25, 0.3) is 11.0 Å². The van der Waals surface area contributed by atoms with Crippen molar-refractivity contribution in [3.63, 3.8) is 0 Å². The molecule has 0 saturated carbocycles. The standard InChI is InChI=1S/C21H23N5O/c27-20(18-15-16(9-10-22-18)24-11-5-1-2-6-12-24)26-14-13-25-19-8-4-3-7-17(19)23-21(25)26/h3-4,7-10,15H,1-2,5-6,11-14H2. The van der Waals surface area contributed by atoms with Crippen molar-refractivity contribution < 1.29 is 4.79 Å². The summed E-state index contributed by atoms with van der Waals surface area (Å²) in [5.41, 5.74) is 3.60. The zero-order chi connectivity index (χ0) is 18.2. The highest BCUT2D eigenvalue weighted by molar-refractivity contribution is 6.05. The van der Waals surface area contributed by atoms with Gasteiger partial charge in [-0.1, -0.05) is 25.0 Å². The highest BCUT2D eigenvalue weighted by Crippen LogP contribution is 2.28. The van der Waals surface area contributed by atoms with Gasteiger partial charge in [-0.05, 0) is 37.1 Å².